The highest BCUT2D eigenvalue weighted by molar-refractivity contribution is 5.90. The molecule has 1 N–H and O–H groups in total. The van der Waals surface area contributed by atoms with Crippen LogP contribution in [0.2, 0.25) is 0 Å². The summed E-state index contributed by atoms with van der Waals surface area (Å²) in [5.41, 5.74) is 0.720. The molecule has 112 valence electrons. The van der Waals surface area contributed by atoms with Gasteiger partial charge in [-0.05, 0) is 37.0 Å². The molecule has 1 rings (SSSR count). The summed E-state index contributed by atoms with van der Waals surface area (Å²) in [6.07, 6.45) is 2.99. The number of carbonyl (C=O) groups excluding carboxylic acids is 1. The molecular weight excluding hydrogens is 257 g/mol. The SMILES string of the molecule is CCC(C)CC(CC)Nc1cc(C(=O)OC)ccc1F. The molecule has 0 saturated heterocycles. The third-order valence-corrected chi connectivity index (χ3v) is 3.62. The fourth-order valence-electron chi connectivity index (χ4n) is 2.08. The van der Waals surface area contributed by atoms with Crippen LogP contribution in [0.4, 0.5) is 10.1 Å². The largest absolute Gasteiger partial charge is 0.465 e. The van der Waals surface area contributed by atoms with Crippen LogP contribution in [0.25, 0.3) is 0 Å². The lowest BCUT2D eigenvalue weighted by molar-refractivity contribution is 0.0600. The summed E-state index contributed by atoms with van der Waals surface area (Å²) in [4.78, 5) is 11.5. The Morgan fingerprint density at radius 2 is 2.05 bits per heavy atom. The lowest BCUT2D eigenvalue weighted by Crippen LogP contribution is -2.22. The van der Waals surface area contributed by atoms with Gasteiger partial charge < -0.3 is 10.1 Å². The Kier molecular flexibility index (Phi) is 6.49. The minimum absolute atomic E-state index is 0.201. The van der Waals surface area contributed by atoms with Crippen molar-refractivity contribution in [3.8, 4) is 0 Å². The molecule has 0 amide bonds. The minimum Gasteiger partial charge on any atom is -0.465 e. The summed E-state index contributed by atoms with van der Waals surface area (Å²) in [5.74, 6) is -0.220. The summed E-state index contributed by atoms with van der Waals surface area (Å²) in [6, 6.07) is 4.44. The zero-order valence-corrected chi connectivity index (χ0v) is 12.7. The maximum absolute atomic E-state index is 13.8. The maximum Gasteiger partial charge on any atom is 0.337 e. The normalized spacial score (nSPS) is 13.7. The summed E-state index contributed by atoms with van der Waals surface area (Å²) >= 11 is 0. The topological polar surface area (TPSA) is 38.3 Å². The van der Waals surface area contributed by atoms with Crippen LogP contribution >= 0.6 is 0 Å². The van der Waals surface area contributed by atoms with Gasteiger partial charge in [-0.15, -0.1) is 0 Å². The fraction of sp³-hybridized carbons (Fsp3) is 0.562. The molecule has 0 aliphatic rings. The van der Waals surface area contributed by atoms with E-state index in [0.29, 0.717) is 17.2 Å². The van der Waals surface area contributed by atoms with Crippen molar-refractivity contribution in [1.82, 2.24) is 0 Å². The quantitative estimate of drug-likeness (QED) is 0.760. The zero-order chi connectivity index (χ0) is 15.1. The van der Waals surface area contributed by atoms with Crippen molar-refractivity contribution < 1.29 is 13.9 Å². The molecular formula is C16H24FNO2. The van der Waals surface area contributed by atoms with Crippen LogP contribution in [0, 0.1) is 11.7 Å². The number of hydrogen-bond donors (Lipinski definition) is 1. The van der Waals surface area contributed by atoms with Crippen molar-refractivity contribution >= 4 is 11.7 Å². The highest BCUT2D eigenvalue weighted by Gasteiger charge is 2.14. The molecule has 1 aromatic rings. The summed E-state index contributed by atoms with van der Waals surface area (Å²) in [7, 11) is 1.32. The first-order valence-corrected chi connectivity index (χ1v) is 7.16. The van der Waals surface area contributed by atoms with Crippen molar-refractivity contribution in [2.24, 2.45) is 5.92 Å². The first kappa shape index (κ1) is 16.5. The Bertz CT molecular complexity index is 448. The third-order valence-electron chi connectivity index (χ3n) is 3.62. The summed E-state index contributed by atoms with van der Waals surface area (Å²) in [5, 5.41) is 3.20. The van der Waals surface area contributed by atoms with E-state index in [1.165, 1.54) is 25.3 Å². The molecule has 20 heavy (non-hydrogen) atoms. The van der Waals surface area contributed by atoms with Gasteiger partial charge in [-0.2, -0.15) is 0 Å². The van der Waals surface area contributed by atoms with Gasteiger partial charge in [0.2, 0.25) is 0 Å². The predicted molar refractivity (Wildman–Crippen MR) is 79.5 cm³/mol. The molecule has 0 saturated carbocycles. The number of hydrogen-bond acceptors (Lipinski definition) is 3. The predicted octanol–water partition coefficient (Wildman–Crippen LogP) is 4.24. The highest BCUT2D eigenvalue weighted by Crippen LogP contribution is 2.21. The van der Waals surface area contributed by atoms with E-state index >= 15 is 0 Å². The van der Waals surface area contributed by atoms with Crippen LogP contribution in [0.3, 0.4) is 0 Å². The second kappa shape index (κ2) is 7.88. The number of methoxy groups -OCH3 is 1. The van der Waals surface area contributed by atoms with Crippen molar-refractivity contribution in [3.63, 3.8) is 0 Å². The Morgan fingerprint density at radius 3 is 2.60 bits per heavy atom. The lowest BCUT2D eigenvalue weighted by Gasteiger charge is -2.22. The molecule has 0 aliphatic heterocycles. The lowest BCUT2D eigenvalue weighted by atomic mass is 9.97. The van der Waals surface area contributed by atoms with Crippen LogP contribution in [0.1, 0.15) is 50.4 Å². The van der Waals surface area contributed by atoms with Crippen molar-refractivity contribution in [1.29, 1.82) is 0 Å². The van der Waals surface area contributed by atoms with Crippen LogP contribution < -0.4 is 5.32 Å². The van der Waals surface area contributed by atoms with Gasteiger partial charge in [0.25, 0.3) is 0 Å². The van der Waals surface area contributed by atoms with Crippen LogP contribution in [-0.4, -0.2) is 19.1 Å². The smallest absolute Gasteiger partial charge is 0.337 e. The van der Waals surface area contributed by atoms with E-state index in [0.717, 1.165) is 19.3 Å². The number of rotatable bonds is 7. The minimum atomic E-state index is -0.456. The Hall–Kier alpha value is -1.58. The number of ether oxygens (including phenoxy) is 1. The first-order chi connectivity index (χ1) is 9.51. The standard InChI is InChI=1S/C16H24FNO2/c1-5-11(3)9-13(6-2)18-15-10-12(16(19)20-4)7-8-14(15)17/h7-8,10-11,13,18H,5-6,9H2,1-4H3. The summed E-state index contributed by atoms with van der Waals surface area (Å²) < 4.78 is 18.5. The van der Waals surface area contributed by atoms with Crippen molar-refractivity contribution in [2.75, 3.05) is 12.4 Å². The molecule has 3 nitrogen and oxygen atoms in total. The van der Waals surface area contributed by atoms with E-state index in [1.807, 2.05) is 0 Å². The number of nitrogens with one attached hydrogen (secondary N) is 1. The van der Waals surface area contributed by atoms with Gasteiger partial charge in [-0.25, -0.2) is 9.18 Å². The first-order valence-electron chi connectivity index (χ1n) is 7.16. The molecule has 1 aromatic carbocycles. The number of carbonyl (C=O) groups is 1. The van der Waals surface area contributed by atoms with E-state index in [4.69, 9.17) is 0 Å². The molecule has 0 aliphatic carbocycles. The van der Waals surface area contributed by atoms with Gasteiger partial charge in [-0.1, -0.05) is 27.2 Å². The molecule has 0 spiro atoms. The van der Waals surface area contributed by atoms with Crippen molar-refractivity contribution in [3.05, 3.63) is 29.6 Å². The second-order valence-electron chi connectivity index (χ2n) is 5.18. The molecule has 2 atom stereocenters. The molecule has 0 bridgehead atoms. The average molecular weight is 281 g/mol. The molecule has 0 radical (unpaired) electrons. The Balaban J connectivity index is 2.86. The molecule has 4 heteroatoms. The van der Waals surface area contributed by atoms with Gasteiger partial charge in [0, 0.05) is 6.04 Å². The van der Waals surface area contributed by atoms with Gasteiger partial charge >= 0.3 is 5.97 Å². The molecule has 0 aromatic heterocycles. The average Bonchev–Trinajstić information content (AvgIpc) is 2.47. The van der Waals surface area contributed by atoms with Crippen molar-refractivity contribution in [2.45, 2.75) is 46.1 Å². The highest BCUT2D eigenvalue weighted by atomic mass is 19.1. The Labute approximate surface area is 120 Å². The molecule has 2 unspecified atom stereocenters. The summed E-state index contributed by atoms with van der Waals surface area (Å²) in [6.45, 7) is 6.41. The van der Waals surface area contributed by atoms with E-state index in [-0.39, 0.29) is 11.9 Å². The number of benzene rings is 1. The number of anilines is 1. The van der Waals surface area contributed by atoms with Crippen LogP contribution in [-0.2, 0) is 4.74 Å². The van der Waals surface area contributed by atoms with Gasteiger partial charge in [0.15, 0.2) is 0 Å². The maximum atomic E-state index is 13.8. The zero-order valence-electron chi connectivity index (χ0n) is 12.7. The third kappa shape index (κ3) is 4.51. The fourth-order valence-corrected chi connectivity index (χ4v) is 2.08. The van der Waals surface area contributed by atoms with Gasteiger partial charge in [-0.3, -0.25) is 0 Å². The Morgan fingerprint density at radius 1 is 1.35 bits per heavy atom. The second-order valence-corrected chi connectivity index (χ2v) is 5.18. The van der Waals surface area contributed by atoms with E-state index < -0.39 is 5.97 Å². The monoisotopic (exact) mass is 281 g/mol. The van der Waals surface area contributed by atoms with E-state index in [1.54, 1.807) is 0 Å². The van der Waals surface area contributed by atoms with Gasteiger partial charge in [0.1, 0.15) is 5.82 Å². The van der Waals surface area contributed by atoms with Crippen LogP contribution in [0.15, 0.2) is 18.2 Å². The molecule has 0 fully saturated rings. The molecule has 0 heterocycles. The van der Waals surface area contributed by atoms with E-state index in [9.17, 15) is 9.18 Å². The van der Waals surface area contributed by atoms with Gasteiger partial charge in [0.05, 0.1) is 18.4 Å². The number of esters is 1. The van der Waals surface area contributed by atoms with E-state index in [2.05, 4.69) is 30.8 Å². The number of halogens is 1. The van der Waals surface area contributed by atoms with Crippen LogP contribution in [0.5, 0.6) is 0 Å².